The lowest BCUT2D eigenvalue weighted by molar-refractivity contribution is 0.0931. The predicted molar refractivity (Wildman–Crippen MR) is 98.6 cm³/mol. The van der Waals surface area contributed by atoms with Gasteiger partial charge in [0.15, 0.2) is 0 Å². The molecule has 1 atom stereocenters. The van der Waals surface area contributed by atoms with Gasteiger partial charge in [-0.3, -0.25) is 4.79 Å². The van der Waals surface area contributed by atoms with Crippen molar-refractivity contribution in [3.05, 3.63) is 59.6 Å². The summed E-state index contributed by atoms with van der Waals surface area (Å²) in [6.07, 6.45) is 1.81. The fourth-order valence-corrected chi connectivity index (χ4v) is 3.02. The molecule has 0 bridgehead atoms. The SMILES string of the molecule is CC(C)C(C)NC(=O)c1cn(-c2ccccc2)nc1-c1cccs1. The van der Waals surface area contributed by atoms with E-state index in [4.69, 9.17) is 0 Å². The molecule has 0 aliphatic heterocycles. The van der Waals surface area contributed by atoms with Crippen molar-refractivity contribution in [1.82, 2.24) is 15.1 Å². The summed E-state index contributed by atoms with van der Waals surface area (Å²) in [7, 11) is 0. The molecule has 0 saturated heterocycles. The minimum Gasteiger partial charge on any atom is -0.349 e. The summed E-state index contributed by atoms with van der Waals surface area (Å²) in [6, 6.07) is 13.9. The molecule has 0 fully saturated rings. The number of hydrogen-bond acceptors (Lipinski definition) is 3. The lowest BCUT2D eigenvalue weighted by Gasteiger charge is -2.17. The molecule has 1 unspecified atom stereocenters. The molecule has 5 heteroatoms. The summed E-state index contributed by atoms with van der Waals surface area (Å²) < 4.78 is 1.77. The lowest BCUT2D eigenvalue weighted by Crippen LogP contribution is -2.36. The summed E-state index contributed by atoms with van der Waals surface area (Å²) in [5.74, 6) is 0.296. The van der Waals surface area contributed by atoms with Crippen LogP contribution < -0.4 is 5.32 Å². The molecule has 0 spiro atoms. The van der Waals surface area contributed by atoms with E-state index in [9.17, 15) is 4.79 Å². The molecule has 0 aliphatic rings. The molecule has 2 aromatic heterocycles. The van der Waals surface area contributed by atoms with E-state index in [2.05, 4.69) is 24.3 Å². The third-order valence-electron chi connectivity index (χ3n) is 4.09. The minimum absolute atomic E-state index is 0.0817. The molecular weight excluding hydrogens is 318 g/mol. The van der Waals surface area contributed by atoms with Crippen molar-refractivity contribution in [2.75, 3.05) is 0 Å². The Morgan fingerprint density at radius 3 is 2.50 bits per heavy atom. The quantitative estimate of drug-likeness (QED) is 0.750. The van der Waals surface area contributed by atoms with Crippen LogP contribution in [0.3, 0.4) is 0 Å². The maximum absolute atomic E-state index is 12.8. The second-order valence-electron chi connectivity index (χ2n) is 6.15. The van der Waals surface area contributed by atoms with Gasteiger partial charge in [-0.25, -0.2) is 4.68 Å². The molecule has 0 saturated carbocycles. The van der Waals surface area contributed by atoms with Crippen LogP contribution in [-0.2, 0) is 0 Å². The van der Waals surface area contributed by atoms with Crippen LogP contribution in [0.25, 0.3) is 16.3 Å². The van der Waals surface area contributed by atoms with E-state index >= 15 is 0 Å². The van der Waals surface area contributed by atoms with Gasteiger partial charge in [0.25, 0.3) is 5.91 Å². The second-order valence-corrected chi connectivity index (χ2v) is 7.10. The summed E-state index contributed by atoms with van der Waals surface area (Å²) in [4.78, 5) is 13.8. The normalized spacial score (nSPS) is 12.3. The summed E-state index contributed by atoms with van der Waals surface area (Å²) >= 11 is 1.59. The Balaban J connectivity index is 2.00. The number of thiophene rings is 1. The highest BCUT2D eigenvalue weighted by Crippen LogP contribution is 2.28. The number of carbonyl (C=O) groups excluding carboxylic acids is 1. The average molecular weight is 339 g/mol. The number of carbonyl (C=O) groups is 1. The lowest BCUT2D eigenvalue weighted by atomic mass is 10.1. The van der Waals surface area contributed by atoms with Crippen molar-refractivity contribution in [1.29, 1.82) is 0 Å². The summed E-state index contributed by atoms with van der Waals surface area (Å²) in [5, 5.41) is 9.73. The van der Waals surface area contributed by atoms with Crippen molar-refractivity contribution < 1.29 is 4.79 Å². The Bertz CT molecular complexity index is 807. The highest BCUT2D eigenvalue weighted by Gasteiger charge is 2.21. The highest BCUT2D eigenvalue weighted by atomic mass is 32.1. The third kappa shape index (κ3) is 3.41. The van der Waals surface area contributed by atoms with E-state index in [1.54, 1.807) is 16.0 Å². The first-order valence-electron chi connectivity index (χ1n) is 8.06. The Morgan fingerprint density at radius 1 is 1.12 bits per heavy atom. The van der Waals surface area contributed by atoms with Gasteiger partial charge in [-0.1, -0.05) is 38.1 Å². The molecule has 1 N–H and O–H groups in total. The smallest absolute Gasteiger partial charge is 0.255 e. The molecule has 1 amide bonds. The van der Waals surface area contributed by atoms with Gasteiger partial charge in [0.05, 0.1) is 16.1 Å². The zero-order chi connectivity index (χ0) is 17.1. The first kappa shape index (κ1) is 16.5. The predicted octanol–water partition coefficient (Wildman–Crippen LogP) is 4.38. The maximum atomic E-state index is 12.8. The van der Waals surface area contributed by atoms with E-state index in [0.717, 1.165) is 16.3 Å². The molecule has 0 aliphatic carbocycles. The minimum atomic E-state index is -0.0817. The third-order valence-corrected chi connectivity index (χ3v) is 4.97. The fraction of sp³-hybridized carbons (Fsp3) is 0.263. The summed E-state index contributed by atoms with van der Waals surface area (Å²) in [5.41, 5.74) is 2.27. The van der Waals surface area contributed by atoms with Crippen molar-refractivity contribution in [3.8, 4) is 16.3 Å². The van der Waals surface area contributed by atoms with Crippen molar-refractivity contribution in [2.24, 2.45) is 5.92 Å². The number of benzene rings is 1. The Kier molecular flexibility index (Phi) is 4.81. The van der Waals surface area contributed by atoms with Gasteiger partial charge in [0.1, 0.15) is 5.69 Å². The maximum Gasteiger partial charge on any atom is 0.255 e. The molecule has 0 radical (unpaired) electrons. The largest absolute Gasteiger partial charge is 0.349 e. The van der Waals surface area contributed by atoms with Crippen molar-refractivity contribution in [3.63, 3.8) is 0 Å². The van der Waals surface area contributed by atoms with Gasteiger partial charge in [0, 0.05) is 12.2 Å². The zero-order valence-electron chi connectivity index (χ0n) is 14.1. The van der Waals surface area contributed by atoms with Gasteiger partial charge in [0.2, 0.25) is 0 Å². The van der Waals surface area contributed by atoms with E-state index in [1.165, 1.54) is 0 Å². The van der Waals surface area contributed by atoms with Crippen LogP contribution in [-0.4, -0.2) is 21.7 Å². The monoisotopic (exact) mass is 339 g/mol. The van der Waals surface area contributed by atoms with Gasteiger partial charge in [-0.05, 0) is 36.4 Å². The number of nitrogens with one attached hydrogen (secondary N) is 1. The Hall–Kier alpha value is -2.40. The molecule has 124 valence electrons. The van der Waals surface area contributed by atoms with Gasteiger partial charge in [-0.2, -0.15) is 5.10 Å². The molecule has 3 rings (SSSR count). The first-order chi connectivity index (χ1) is 11.6. The molecule has 3 aromatic rings. The fourth-order valence-electron chi connectivity index (χ4n) is 2.30. The molecule has 1 aromatic carbocycles. The first-order valence-corrected chi connectivity index (χ1v) is 8.94. The molecular formula is C19H21N3OS. The zero-order valence-corrected chi connectivity index (χ0v) is 14.9. The number of hydrogen-bond donors (Lipinski definition) is 1. The van der Waals surface area contributed by atoms with E-state index in [1.807, 2.05) is 61.0 Å². The highest BCUT2D eigenvalue weighted by molar-refractivity contribution is 7.13. The number of rotatable bonds is 5. The second kappa shape index (κ2) is 7.01. The molecule has 4 nitrogen and oxygen atoms in total. The van der Waals surface area contributed by atoms with Crippen LogP contribution in [0, 0.1) is 5.92 Å². The Morgan fingerprint density at radius 2 is 1.88 bits per heavy atom. The van der Waals surface area contributed by atoms with Gasteiger partial charge >= 0.3 is 0 Å². The van der Waals surface area contributed by atoms with Gasteiger partial charge in [-0.15, -0.1) is 11.3 Å². The van der Waals surface area contributed by atoms with Crippen molar-refractivity contribution in [2.45, 2.75) is 26.8 Å². The number of amides is 1. The molecule has 24 heavy (non-hydrogen) atoms. The van der Waals surface area contributed by atoms with Crippen LogP contribution in [0.2, 0.25) is 0 Å². The van der Waals surface area contributed by atoms with Crippen LogP contribution in [0.4, 0.5) is 0 Å². The van der Waals surface area contributed by atoms with Crippen LogP contribution in [0.15, 0.2) is 54.0 Å². The topological polar surface area (TPSA) is 46.9 Å². The van der Waals surface area contributed by atoms with E-state index in [0.29, 0.717) is 11.5 Å². The van der Waals surface area contributed by atoms with Crippen molar-refractivity contribution >= 4 is 17.2 Å². The average Bonchev–Trinajstić information content (AvgIpc) is 3.24. The number of para-hydroxylation sites is 1. The van der Waals surface area contributed by atoms with E-state index < -0.39 is 0 Å². The number of aromatic nitrogens is 2. The standard InChI is InChI=1S/C19H21N3OS/c1-13(2)14(3)20-19(23)16-12-22(15-8-5-4-6-9-15)21-18(16)17-10-7-11-24-17/h4-14H,1-3H3,(H,20,23). The summed E-state index contributed by atoms with van der Waals surface area (Å²) in [6.45, 7) is 6.21. The van der Waals surface area contributed by atoms with Gasteiger partial charge < -0.3 is 5.32 Å². The molecule has 2 heterocycles. The van der Waals surface area contributed by atoms with E-state index in [-0.39, 0.29) is 11.9 Å². The van der Waals surface area contributed by atoms with Crippen LogP contribution in [0.1, 0.15) is 31.1 Å². The van der Waals surface area contributed by atoms with Crippen LogP contribution in [0.5, 0.6) is 0 Å². The Labute approximate surface area is 146 Å². The van der Waals surface area contributed by atoms with Crippen LogP contribution >= 0.6 is 11.3 Å². The number of nitrogens with zero attached hydrogens (tertiary/aromatic N) is 2.